The summed E-state index contributed by atoms with van der Waals surface area (Å²) in [4.78, 5) is 34.3. The smallest absolute Gasteiger partial charge is 0.415 e. The highest BCUT2D eigenvalue weighted by Gasteiger charge is 2.46. The summed E-state index contributed by atoms with van der Waals surface area (Å²) in [6, 6.07) is 8.04. The summed E-state index contributed by atoms with van der Waals surface area (Å²) in [6.07, 6.45) is 1.66. The lowest BCUT2D eigenvalue weighted by Gasteiger charge is -2.35. The first-order chi connectivity index (χ1) is 15.1. The van der Waals surface area contributed by atoms with Gasteiger partial charge in [-0.3, -0.25) is 14.5 Å². The molecule has 0 radical (unpaired) electrons. The molecule has 0 aromatic heterocycles. The molecule has 3 rings (SSSR count). The van der Waals surface area contributed by atoms with Crippen molar-refractivity contribution >= 4 is 24.7 Å². The summed E-state index contributed by atoms with van der Waals surface area (Å²) < 4.78 is 13.7. The van der Waals surface area contributed by atoms with Gasteiger partial charge in [-0.1, -0.05) is 38.5 Å². The SMILES string of the molecule is CC(C)C.CCOC=O.COC=O.Cc1ccc(N2CC3(CCN(C)CC3)OC2=O)cc1. The maximum absolute atomic E-state index is 12.1. The molecule has 1 amide bonds. The summed E-state index contributed by atoms with van der Waals surface area (Å²) in [7, 11) is 3.42. The van der Waals surface area contributed by atoms with Gasteiger partial charge in [0.25, 0.3) is 12.9 Å². The molecule has 1 spiro atoms. The molecule has 1 aromatic carbocycles. The Hall–Kier alpha value is -2.61. The third kappa shape index (κ3) is 11.7. The third-order valence-electron chi connectivity index (χ3n) is 4.55. The van der Waals surface area contributed by atoms with E-state index in [1.54, 1.807) is 11.8 Å². The summed E-state index contributed by atoms with van der Waals surface area (Å²) in [5.41, 5.74) is 1.87. The van der Waals surface area contributed by atoms with E-state index < -0.39 is 0 Å². The molecule has 2 fully saturated rings. The Morgan fingerprint density at radius 2 is 1.59 bits per heavy atom. The van der Waals surface area contributed by atoms with Crippen molar-refractivity contribution in [3.63, 3.8) is 0 Å². The minimum Gasteiger partial charge on any atom is -0.471 e. The summed E-state index contributed by atoms with van der Waals surface area (Å²) in [5, 5.41) is 0. The predicted octanol–water partition coefficient (Wildman–Crippen LogP) is 4.05. The number of hydrogen-bond acceptors (Lipinski definition) is 7. The van der Waals surface area contributed by atoms with E-state index in [-0.39, 0.29) is 11.7 Å². The number of likely N-dealkylation sites (tertiary alicyclic amines) is 1. The van der Waals surface area contributed by atoms with Crippen LogP contribution in [0.2, 0.25) is 0 Å². The number of anilines is 1. The number of nitrogens with zero attached hydrogens (tertiary/aromatic N) is 2. The summed E-state index contributed by atoms with van der Waals surface area (Å²) in [5.74, 6) is 0.833. The van der Waals surface area contributed by atoms with Gasteiger partial charge in [-0.2, -0.15) is 0 Å². The van der Waals surface area contributed by atoms with Crippen LogP contribution in [-0.2, 0) is 23.8 Å². The average Bonchev–Trinajstić information content (AvgIpc) is 3.08. The first kappa shape index (κ1) is 29.4. The number of ether oxygens (including phenoxy) is 3. The molecule has 0 unspecified atom stereocenters. The van der Waals surface area contributed by atoms with Crippen molar-refractivity contribution in [3.05, 3.63) is 29.8 Å². The highest BCUT2D eigenvalue weighted by molar-refractivity contribution is 5.90. The van der Waals surface area contributed by atoms with E-state index in [1.165, 1.54) is 12.7 Å². The van der Waals surface area contributed by atoms with Gasteiger partial charge in [-0.25, -0.2) is 4.79 Å². The first-order valence-electron chi connectivity index (χ1n) is 10.9. The van der Waals surface area contributed by atoms with E-state index in [2.05, 4.69) is 42.2 Å². The molecule has 0 N–H and O–H groups in total. The number of carbonyl (C=O) groups is 3. The Balaban J connectivity index is 0.000000613. The maximum atomic E-state index is 12.1. The number of benzene rings is 1. The maximum Gasteiger partial charge on any atom is 0.415 e. The van der Waals surface area contributed by atoms with Gasteiger partial charge in [0.05, 0.1) is 20.3 Å². The third-order valence-corrected chi connectivity index (χ3v) is 4.55. The number of carbonyl (C=O) groups excluding carboxylic acids is 3. The number of hydrogen-bond donors (Lipinski definition) is 0. The van der Waals surface area contributed by atoms with E-state index in [9.17, 15) is 9.59 Å². The number of aryl methyl sites for hydroxylation is 1. The van der Waals surface area contributed by atoms with Crippen LogP contribution in [0.1, 0.15) is 46.1 Å². The molecule has 32 heavy (non-hydrogen) atoms. The van der Waals surface area contributed by atoms with Gasteiger partial charge in [0.1, 0.15) is 5.60 Å². The van der Waals surface area contributed by atoms with Gasteiger partial charge in [-0.15, -0.1) is 0 Å². The highest BCUT2D eigenvalue weighted by atomic mass is 16.6. The second-order valence-corrected chi connectivity index (χ2v) is 8.39. The van der Waals surface area contributed by atoms with Crippen LogP contribution >= 0.6 is 0 Å². The van der Waals surface area contributed by atoms with Gasteiger partial charge in [0.15, 0.2) is 0 Å². The largest absolute Gasteiger partial charge is 0.471 e. The monoisotopic (exact) mass is 452 g/mol. The van der Waals surface area contributed by atoms with E-state index in [0.29, 0.717) is 26.1 Å². The lowest BCUT2D eigenvalue weighted by atomic mass is 9.91. The summed E-state index contributed by atoms with van der Waals surface area (Å²) >= 11 is 0. The molecule has 2 heterocycles. The van der Waals surface area contributed by atoms with Crippen LogP contribution in [0.15, 0.2) is 24.3 Å². The van der Waals surface area contributed by atoms with Crippen molar-refractivity contribution in [3.8, 4) is 0 Å². The van der Waals surface area contributed by atoms with Gasteiger partial charge in [0, 0.05) is 31.6 Å². The molecule has 182 valence electrons. The predicted molar refractivity (Wildman–Crippen MR) is 126 cm³/mol. The normalized spacial score (nSPS) is 16.4. The van der Waals surface area contributed by atoms with Gasteiger partial charge in [0.2, 0.25) is 0 Å². The zero-order chi connectivity index (χ0) is 24.6. The Kier molecular flexibility index (Phi) is 14.8. The van der Waals surface area contributed by atoms with Crippen molar-refractivity contribution < 1.29 is 28.6 Å². The van der Waals surface area contributed by atoms with E-state index in [4.69, 9.17) is 9.53 Å². The number of piperidine rings is 1. The fraction of sp³-hybridized carbons (Fsp3) is 0.625. The summed E-state index contributed by atoms with van der Waals surface area (Å²) in [6.45, 7) is 14.3. The number of methoxy groups -OCH3 is 1. The van der Waals surface area contributed by atoms with Crippen LogP contribution in [0.25, 0.3) is 0 Å². The highest BCUT2D eigenvalue weighted by Crippen LogP contribution is 2.35. The van der Waals surface area contributed by atoms with Crippen LogP contribution in [0.5, 0.6) is 0 Å². The van der Waals surface area contributed by atoms with Crippen LogP contribution < -0.4 is 4.90 Å². The second kappa shape index (κ2) is 16.1. The van der Waals surface area contributed by atoms with Crippen molar-refractivity contribution in [2.45, 2.75) is 53.1 Å². The van der Waals surface area contributed by atoms with E-state index in [0.717, 1.165) is 37.5 Å². The number of rotatable bonds is 4. The Morgan fingerprint density at radius 1 is 1.09 bits per heavy atom. The first-order valence-corrected chi connectivity index (χ1v) is 10.9. The zero-order valence-corrected chi connectivity index (χ0v) is 20.6. The van der Waals surface area contributed by atoms with Gasteiger partial charge in [-0.05, 0) is 38.9 Å². The van der Waals surface area contributed by atoms with Crippen LogP contribution in [0.3, 0.4) is 0 Å². The fourth-order valence-corrected chi connectivity index (χ4v) is 2.90. The molecule has 1 aromatic rings. The minimum atomic E-state index is -0.269. The van der Waals surface area contributed by atoms with Crippen LogP contribution in [0, 0.1) is 12.8 Å². The minimum absolute atomic E-state index is 0.201. The molecule has 0 aliphatic carbocycles. The van der Waals surface area contributed by atoms with Crippen LogP contribution in [0.4, 0.5) is 10.5 Å². The molecule has 2 saturated heterocycles. The molecule has 2 aliphatic heterocycles. The van der Waals surface area contributed by atoms with Crippen LogP contribution in [-0.4, -0.2) is 69.9 Å². The topological polar surface area (TPSA) is 85.4 Å². The Labute approximate surface area is 192 Å². The molecule has 8 heteroatoms. The van der Waals surface area contributed by atoms with E-state index >= 15 is 0 Å². The number of amides is 1. The van der Waals surface area contributed by atoms with Crippen molar-refractivity contribution in [1.82, 2.24) is 4.90 Å². The lowest BCUT2D eigenvalue weighted by molar-refractivity contribution is -0.128. The lowest BCUT2D eigenvalue weighted by Crippen LogP contribution is -2.45. The van der Waals surface area contributed by atoms with Crippen molar-refractivity contribution in [2.24, 2.45) is 5.92 Å². The van der Waals surface area contributed by atoms with Crippen molar-refractivity contribution in [1.29, 1.82) is 0 Å². The molecular weight excluding hydrogens is 412 g/mol. The zero-order valence-electron chi connectivity index (χ0n) is 20.6. The Morgan fingerprint density at radius 3 is 1.97 bits per heavy atom. The quantitative estimate of drug-likeness (QED) is 0.503. The molecule has 0 saturated carbocycles. The van der Waals surface area contributed by atoms with Gasteiger partial charge >= 0.3 is 6.09 Å². The molecular formula is C24H40N2O6. The van der Waals surface area contributed by atoms with E-state index in [1.807, 2.05) is 31.2 Å². The molecule has 2 aliphatic rings. The average molecular weight is 453 g/mol. The standard InChI is InChI=1S/C15H20N2O2.C4H10.C3H6O2.C2H4O2/c1-12-3-5-13(6-4-12)17-11-15(19-14(17)18)7-9-16(2)10-8-15;1-4(2)3;1-2-5-3-4;1-4-2-3/h3-6H,7-11H2,1-2H3;4H,1-3H3;3H,2H2,1H3;2H,1H3. The van der Waals surface area contributed by atoms with Gasteiger partial charge < -0.3 is 19.1 Å². The Bertz CT molecular complexity index is 652. The fourth-order valence-electron chi connectivity index (χ4n) is 2.90. The van der Waals surface area contributed by atoms with Crippen molar-refractivity contribution in [2.75, 3.05) is 45.3 Å². The molecule has 0 atom stereocenters. The molecule has 0 bridgehead atoms. The second-order valence-electron chi connectivity index (χ2n) is 8.39. The molecule has 8 nitrogen and oxygen atoms in total.